The highest BCUT2D eigenvalue weighted by atomic mass is 79.9. The van der Waals surface area contributed by atoms with E-state index in [9.17, 15) is 14.4 Å². The van der Waals surface area contributed by atoms with E-state index in [0.717, 1.165) is 10.9 Å². The van der Waals surface area contributed by atoms with Gasteiger partial charge in [0.15, 0.2) is 0 Å². The molecule has 0 radical (unpaired) electrons. The number of esters is 1. The summed E-state index contributed by atoms with van der Waals surface area (Å²) in [5.41, 5.74) is 0.364. The molecule has 1 fully saturated rings. The molecule has 2 rings (SSSR count). The summed E-state index contributed by atoms with van der Waals surface area (Å²) in [5, 5.41) is 2.73. The van der Waals surface area contributed by atoms with E-state index in [0.29, 0.717) is 43.3 Å². The molecule has 2 amide bonds. The lowest BCUT2D eigenvalue weighted by Crippen LogP contribution is -2.58. The van der Waals surface area contributed by atoms with Crippen molar-refractivity contribution in [3.8, 4) is 5.75 Å². The van der Waals surface area contributed by atoms with Crippen molar-refractivity contribution < 1.29 is 23.9 Å². The summed E-state index contributed by atoms with van der Waals surface area (Å²) in [7, 11) is 0. The summed E-state index contributed by atoms with van der Waals surface area (Å²) in [6.45, 7) is 9.05. The highest BCUT2D eigenvalue weighted by Crippen LogP contribution is 2.27. The highest BCUT2D eigenvalue weighted by molar-refractivity contribution is 9.10. The van der Waals surface area contributed by atoms with Crippen molar-refractivity contribution in [3.63, 3.8) is 0 Å². The Kier molecular flexibility index (Phi) is 9.14. The molecule has 2 unspecified atom stereocenters. The van der Waals surface area contributed by atoms with Gasteiger partial charge in [-0.15, -0.1) is 0 Å². The number of piperazine rings is 1. The first-order valence-electron chi connectivity index (χ1n) is 10.4. The Hall–Kier alpha value is -2.09. The molecule has 0 aromatic heterocycles. The molecular weight excluding hydrogens is 452 g/mol. The van der Waals surface area contributed by atoms with Gasteiger partial charge in [-0.1, -0.05) is 36.7 Å². The Morgan fingerprint density at radius 3 is 2.70 bits per heavy atom. The van der Waals surface area contributed by atoms with Gasteiger partial charge < -0.3 is 19.7 Å². The topological polar surface area (TPSA) is 84.9 Å². The van der Waals surface area contributed by atoms with Crippen molar-refractivity contribution in [2.24, 2.45) is 5.92 Å². The van der Waals surface area contributed by atoms with Gasteiger partial charge in [-0.2, -0.15) is 0 Å². The molecule has 0 saturated carbocycles. The van der Waals surface area contributed by atoms with Crippen molar-refractivity contribution in [1.29, 1.82) is 0 Å². The van der Waals surface area contributed by atoms with Gasteiger partial charge in [0.1, 0.15) is 11.8 Å². The van der Waals surface area contributed by atoms with Crippen LogP contribution in [0.4, 0.5) is 0 Å². The second kappa shape index (κ2) is 11.3. The fourth-order valence-electron chi connectivity index (χ4n) is 3.03. The number of nitrogens with one attached hydrogen (secondary N) is 1. The third kappa shape index (κ3) is 6.72. The zero-order chi connectivity index (χ0) is 22.3. The van der Waals surface area contributed by atoms with Gasteiger partial charge in [-0.25, -0.2) is 0 Å². The Labute approximate surface area is 186 Å². The van der Waals surface area contributed by atoms with Crippen LogP contribution in [0.3, 0.4) is 0 Å². The summed E-state index contributed by atoms with van der Waals surface area (Å²) >= 11 is 3.40. The quantitative estimate of drug-likeness (QED) is 0.544. The third-order valence-corrected chi connectivity index (χ3v) is 5.48. The van der Waals surface area contributed by atoms with Crippen LogP contribution in [0.15, 0.2) is 22.7 Å². The molecule has 166 valence electrons. The zero-order valence-corrected chi connectivity index (χ0v) is 19.7. The van der Waals surface area contributed by atoms with Gasteiger partial charge >= 0.3 is 5.97 Å². The molecule has 7 nitrogen and oxygen atoms in total. The number of rotatable bonds is 9. The van der Waals surface area contributed by atoms with Crippen LogP contribution in [0.1, 0.15) is 57.3 Å². The second-order valence-electron chi connectivity index (χ2n) is 7.89. The summed E-state index contributed by atoms with van der Waals surface area (Å²) in [5.74, 6) is -0.242. The summed E-state index contributed by atoms with van der Waals surface area (Å²) < 4.78 is 11.9. The van der Waals surface area contributed by atoms with Crippen LogP contribution >= 0.6 is 15.9 Å². The number of amides is 2. The first-order valence-corrected chi connectivity index (χ1v) is 11.2. The van der Waals surface area contributed by atoms with E-state index in [1.165, 1.54) is 4.90 Å². The van der Waals surface area contributed by atoms with Gasteiger partial charge in [-0.3, -0.25) is 14.4 Å². The van der Waals surface area contributed by atoms with Crippen LogP contribution < -0.4 is 10.1 Å². The van der Waals surface area contributed by atoms with E-state index in [-0.39, 0.29) is 24.3 Å². The molecule has 1 N–H and O–H groups in total. The molecule has 1 aliphatic rings. The van der Waals surface area contributed by atoms with E-state index >= 15 is 0 Å². The normalized spacial score (nSPS) is 17.5. The number of hydrogen-bond acceptors (Lipinski definition) is 5. The van der Waals surface area contributed by atoms with Crippen molar-refractivity contribution in [3.05, 3.63) is 28.2 Å². The Morgan fingerprint density at radius 2 is 2.03 bits per heavy atom. The van der Waals surface area contributed by atoms with Crippen LogP contribution in [-0.4, -0.2) is 54.5 Å². The van der Waals surface area contributed by atoms with Crippen LogP contribution in [0.2, 0.25) is 0 Å². The lowest BCUT2D eigenvalue weighted by molar-refractivity contribution is -0.151. The minimum absolute atomic E-state index is 0.181. The fourth-order valence-corrected chi connectivity index (χ4v) is 3.39. The van der Waals surface area contributed by atoms with Crippen LogP contribution in [0.5, 0.6) is 5.75 Å². The van der Waals surface area contributed by atoms with Gasteiger partial charge in [0.2, 0.25) is 5.91 Å². The first-order chi connectivity index (χ1) is 14.2. The third-order valence-electron chi connectivity index (χ3n) is 4.98. The van der Waals surface area contributed by atoms with Gasteiger partial charge in [-0.05, 0) is 43.9 Å². The predicted octanol–water partition coefficient (Wildman–Crippen LogP) is 3.55. The molecule has 0 bridgehead atoms. The van der Waals surface area contributed by atoms with E-state index < -0.39 is 12.0 Å². The van der Waals surface area contributed by atoms with Crippen LogP contribution in [-0.2, 0) is 14.3 Å². The van der Waals surface area contributed by atoms with Crippen molar-refractivity contribution in [2.75, 3.05) is 19.7 Å². The number of benzene rings is 1. The first kappa shape index (κ1) is 24.2. The smallest absolute Gasteiger partial charge is 0.308 e. The van der Waals surface area contributed by atoms with Crippen molar-refractivity contribution in [1.82, 2.24) is 10.2 Å². The molecule has 1 aliphatic heterocycles. The number of hydrogen-bond donors (Lipinski definition) is 1. The number of nitrogens with zero attached hydrogens (tertiary/aromatic N) is 1. The van der Waals surface area contributed by atoms with E-state index in [1.54, 1.807) is 19.1 Å². The molecule has 2 atom stereocenters. The highest BCUT2D eigenvalue weighted by Gasteiger charge is 2.36. The van der Waals surface area contributed by atoms with Crippen LogP contribution in [0.25, 0.3) is 0 Å². The molecule has 1 aromatic carbocycles. The molecule has 30 heavy (non-hydrogen) atoms. The predicted molar refractivity (Wildman–Crippen MR) is 117 cm³/mol. The zero-order valence-electron chi connectivity index (χ0n) is 18.1. The number of carbonyl (C=O) groups is 3. The molecule has 1 saturated heterocycles. The molecule has 0 aliphatic carbocycles. The summed E-state index contributed by atoms with van der Waals surface area (Å²) in [6, 6.07) is 4.33. The Balaban J connectivity index is 2.22. The largest absolute Gasteiger partial charge is 0.493 e. The summed E-state index contributed by atoms with van der Waals surface area (Å²) in [6.07, 6.45) is 1.12. The van der Waals surface area contributed by atoms with Crippen LogP contribution in [0, 0.1) is 5.92 Å². The second-order valence-corrected chi connectivity index (χ2v) is 8.81. The fraction of sp³-hybridized carbons (Fsp3) is 0.591. The number of halogens is 1. The monoisotopic (exact) mass is 482 g/mol. The lowest BCUT2D eigenvalue weighted by atomic mass is 10.1. The maximum atomic E-state index is 13.4. The van der Waals surface area contributed by atoms with E-state index in [4.69, 9.17) is 9.47 Å². The van der Waals surface area contributed by atoms with Crippen molar-refractivity contribution in [2.45, 2.75) is 59.1 Å². The molecule has 1 heterocycles. The average molecular weight is 483 g/mol. The maximum Gasteiger partial charge on any atom is 0.308 e. The van der Waals surface area contributed by atoms with E-state index in [2.05, 4.69) is 35.1 Å². The Morgan fingerprint density at radius 1 is 1.30 bits per heavy atom. The number of ether oxygens (including phenoxy) is 2. The van der Waals surface area contributed by atoms with Crippen molar-refractivity contribution >= 4 is 33.7 Å². The minimum Gasteiger partial charge on any atom is -0.493 e. The minimum atomic E-state index is -0.912. The van der Waals surface area contributed by atoms with Gasteiger partial charge in [0.05, 0.1) is 24.7 Å². The molecular formula is C22H31BrN2O5. The molecule has 1 aromatic rings. The maximum absolute atomic E-state index is 13.4. The standard InChI is InChI=1S/C22H31BrN2O5/c1-5-15(4)30-20(26)13-18-21(27)24-9-10-25(18)22(28)17-12-16(23)6-7-19(17)29-11-8-14(2)3/h6-7,12,14-15,18H,5,8-11,13H2,1-4H3,(H,24,27). The van der Waals surface area contributed by atoms with E-state index in [1.807, 2.05) is 13.0 Å². The molecule has 8 heteroatoms. The molecule has 0 spiro atoms. The van der Waals surface area contributed by atoms with Gasteiger partial charge in [0, 0.05) is 17.6 Å². The van der Waals surface area contributed by atoms with Gasteiger partial charge in [0.25, 0.3) is 5.91 Å². The Bertz CT molecular complexity index is 768. The lowest BCUT2D eigenvalue weighted by Gasteiger charge is -2.35. The SMILES string of the molecule is CCC(C)OC(=O)CC1C(=O)NCCN1C(=O)c1cc(Br)ccc1OCCC(C)C. The number of carbonyl (C=O) groups excluding carboxylic acids is 3. The summed E-state index contributed by atoms with van der Waals surface area (Å²) in [4.78, 5) is 39.6. The average Bonchev–Trinajstić information content (AvgIpc) is 2.69.